The van der Waals surface area contributed by atoms with Crippen LogP contribution in [0.5, 0.6) is 0 Å². The number of imidazole rings is 1. The van der Waals surface area contributed by atoms with E-state index in [1.807, 2.05) is 48.0 Å². The Morgan fingerprint density at radius 2 is 1.92 bits per heavy atom. The highest BCUT2D eigenvalue weighted by atomic mass is 79.9. The van der Waals surface area contributed by atoms with Crippen molar-refractivity contribution in [3.05, 3.63) is 76.8 Å². The molecule has 1 heterocycles. The molecule has 2 amide bonds. The molecule has 1 aromatic heterocycles. The number of rotatable bonds is 5. The van der Waals surface area contributed by atoms with E-state index < -0.39 is 0 Å². The summed E-state index contributed by atoms with van der Waals surface area (Å²) in [5.41, 5.74) is 3.05. The quantitative estimate of drug-likeness (QED) is 0.674. The summed E-state index contributed by atoms with van der Waals surface area (Å²) < 4.78 is 2.79. The Kier molecular flexibility index (Phi) is 5.48. The first-order valence-electron chi connectivity index (χ1n) is 7.95. The molecular weight excluding hydrogens is 396 g/mol. The Morgan fingerprint density at radius 3 is 2.58 bits per heavy atom. The van der Waals surface area contributed by atoms with E-state index in [-0.39, 0.29) is 18.4 Å². The zero-order valence-electron chi connectivity index (χ0n) is 14.1. The van der Waals surface area contributed by atoms with Crippen LogP contribution in [0.3, 0.4) is 0 Å². The first kappa shape index (κ1) is 17.9. The van der Waals surface area contributed by atoms with Crippen molar-refractivity contribution >= 4 is 33.4 Å². The van der Waals surface area contributed by atoms with E-state index in [0.717, 1.165) is 21.4 Å². The minimum Gasteiger partial charge on any atom is -0.343 e. The van der Waals surface area contributed by atoms with Crippen LogP contribution in [-0.4, -0.2) is 27.9 Å². The molecule has 26 heavy (non-hydrogen) atoms. The normalized spacial score (nSPS) is 10.4. The van der Waals surface area contributed by atoms with Gasteiger partial charge in [0.2, 0.25) is 5.91 Å². The van der Waals surface area contributed by atoms with Crippen LogP contribution in [0.2, 0.25) is 0 Å². The molecule has 0 radical (unpaired) electrons. The summed E-state index contributed by atoms with van der Waals surface area (Å²) in [5.74, 6) is -0.580. The highest BCUT2D eigenvalue weighted by Gasteiger charge is 2.09. The van der Waals surface area contributed by atoms with Gasteiger partial charge in [-0.05, 0) is 55.0 Å². The number of halogens is 1. The van der Waals surface area contributed by atoms with Crippen LogP contribution in [0.25, 0.3) is 5.69 Å². The SMILES string of the molecule is Cc1cc(Br)ccc1NC(=O)CNC(=O)c1ccc(-n2ccnc2)cc1. The summed E-state index contributed by atoms with van der Waals surface area (Å²) in [5, 5.41) is 5.41. The number of hydrogen-bond acceptors (Lipinski definition) is 3. The Morgan fingerprint density at radius 1 is 1.15 bits per heavy atom. The standard InChI is InChI=1S/C19H17BrN4O2/c1-13-10-15(20)4-7-17(13)23-18(25)11-22-19(26)14-2-5-16(6-3-14)24-9-8-21-12-24/h2-10,12H,11H2,1H3,(H,22,26)(H,23,25). The molecule has 0 aliphatic rings. The van der Waals surface area contributed by atoms with Crippen molar-refractivity contribution < 1.29 is 9.59 Å². The fraction of sp³-hybridized carbons (Fsp3) is 0.105. The lowest BCUT2D eigenvalue weighted by Gasteiger charge is -2.10. The lowest BCUT2D eigenvalue weighted by atomic mass is 10.2. The third kappa shape index (κ3) is 4.37. The maximum absolute atomic E-state index is 12.2. The summed E-state index contributed by atoms with van der Waals surface area (Å²) in [6.07, 6.45) is 5.19. The first-order valence-corrected chi connectivity index (χ1v) is 8.75. The number of benzene rings is 2. The van der Waals surface area contributed by atoms with Crippen LogP contribution in [0.1, 0.15) is 15.9 Å². The fourth-order valence-electron chi connectivity index (χ4n) is 2.42. The molecule has 6 nitrogen and oxygen atoms in total. The second-order valence-corrected chi connectivity index (χ2v) is 6.62. The lowest BCUT2D eigenvalue weighted by molar-refractivity contribution is -0.115. The van der Waals surface area contributed by atoms with E-state index in [9.17, 15) is 9.59 Å². The number of anilines is 1. The zero-order valence-corrected chi connectivity index (χ0v) is 15.7. The van der Waals surface area contributed by atoms with Gasteiger partial charge < -0.3 is 15.2 Å². The molecule has 0 saturated carbocycles. The second-order valence-electron chi connectivity index (χ2n) is 5.71. The Hall–Kier alpha value is -2.93. The predicted octanol–water partition coefficient (Wildman–Crippen LogP) is 3.31. The molecule has 0 aliphatic heterocycles. The summed E-state index contributed by atoms with van der Waals surface area (Å²) >= 11 is 3.38. The van der Waals surface area contributed by atoms with Gasteiger partial charge in [-0.15, -0.1) is 0 Å². The molecule has 0 bridgehead atoms. The molecule has 7 heteroatoms. The van der Waals surface area contributed by atoms with Crippen molar-refractivity contribution in [3.8, 4) is 5.69 Å². The van der Waals surface area contributed by atoms with Gasteiger partial charge in [0.05, 0.1) is 12.9 Å². The summed E-state index contributed by atoms with van der Waals surface area (Å²) in [6.45, 7) is 1.80. The molecule has 2 aromatic carbocycles. The third-order valence-corrected chi connectivity index (χ3v) is 4.30. The van der Waals surface area contributed by atoms with Gasteiger partial charge in [-0.25, -0.2) is 4.98 Å². The Balaban J connectivity index is 1.55. The largest absolute Gasteiger partial charge is 0.343 e. The number of carbonyl (C=O) groups excluding carboxylic acids is 2. The predicted molar refractivity (Wildman–Crippen MR) is 103 cm³/mol. The molecular formula is C19H17BrN4O2. The maximum Gasteiger partial charge on any atom is 0.251 e. The first-order chi connectivity index (χ1) is 12.5. The Bertz CT molecular complexity index is 921. The molecule has 0 unspecified atom stereocenters. The number of nitrogens with zero attached hydrogens (tertiary/aromatic N) is 2. The average molecular weight is 413 g/mol. The van der Waals surface area contributed by atoms with Gasteiger partial charge in [0, 0.05) is 33.8 Å². The molecule has 3 rings (SSSR count). The molecule has 0 saturated heterocycles. The lowest BCUT2D eigenvalue weighted by Crippen LogP contribution is -2.33. The zero-order chi connectivity index (χ0) is 18.5. The number of nitrogens with one attached hydrogen (secondary N) is 2. The topological polar surface area (TPSA) is 76.0 Å². The highest BCUT2D eigenvalue weighted by molar-refractivity contribution is 9.10. The van der Waals surface area contributed by atoms with Crippen molar-refractivity contribution in [1.29, 1.82) is 0 Å². The monoisotopic (exact) mass is 412 g/mol. The maximum atomic E-state index is 12.2. The summed E-state index contributed by atoms with van der Waals surface area (Å²) in [4.78, 5) is 28.2. The number of aryl methyl sites for hydroxylation is 1. The van der Waals surface area contributed by atoms with Crippen molar-refractivity contribution in [2.45, 2.75) is 6.92 Å². The van der Waals surface area contributed by atoms with Crippen LogP contribution < -0.4 is 10.6 Å². The summed E-state index contributed by atoms with van der Waals surface area (Å²) in [6, 6.07) is 12.6. The number of carbonyl (C=O) groups is 2. The van der Waals surface area contributed by atoms with Gasteiger partial charge in [-0.2, -0.15) is 0 Å². The van der Waals surface area contributed by atoms with Crippen molar-refractivity contribution in [1.82, 2.24) is 14.9 Å². The third-order valence-electron chi connectivity index (χ3n) is 3.80. The minimum atomic E-state index is -0.301. The highest BCUT2D eigenvalue weighted by Crippen LogP contribution is 2.19. The van der Waals surface area contributed by atoms with Crippen LogP contribution in [0.4, 0.5) is 5.69 Å². The van der Waals surface area contributed by atoms with E-state index in [4.69, 9.17) is 0 Å². The molecule has 2 N–H and O–H groups in total. The van der Waals surface area contributed by atoms with Crippen LogP contribution >= 0.6 is 15.9 Å². The van der Waals surface area contributed by atoms with Gasteiger partial charge in [0.25, 0.3) is 5.91 Å². The minimum absolute atomic E-state index is 0.0996. The summed E-state index contributed by atoms with van der Waals surface area (Å²) in [7, 11) is 0. The van der Waals surface area contributed by atoms with E-state index in [1.165, 1.54) is 0 Å². The van der Waals surface area contributed by atoms with Gasteiger partial charge in [-0.1, -0.05) is 15.9 Å². The van der Waals surface area contributed by atoms with Crippen LogP contribution in [0.15, 0.2) is 65.7 Å². The molecule has 3 aromatic rings. The van der Waals surface area contributed by atoms with Crippen molar-refractivity contribution in [2.75, 3.05) is 11.9 Å². The van der Waals surface area contributed by atoms with Crippen molar-refractivity contribution in [2.24, 2.45) is 0 Å². The average Bonchev–Trinajstić information content (AvgIpc) is 3.17. The molecule has 0 fully saturated rings. The molecule has 0 spiro atoms. The van der Waals surface area contributed by atoms with Crippen molar-refractivity contribution in [3.63, 3.8) is 0 Å². The van der Waals surface area contributed by atoms with Gasteiger partial charge >= 0.3 is 0 Å². The Labute approximate surface area is 159 Å². The van der Waals surface area contributed by atoms with Crippen LogP contribution in [-0.2, 0) is 4.79 Å². The number of amides is 2. The second kappa shape index (κ2) is 7.97. The van der Waals surface area contributed by atoms with E-state index in [0.29, 0.717) is 5.56 Å². The molecule has 132 valence electrons. The van der Waals surface area contributed by atoms with Gasteiger partial charge in [0.1, 0.15) is 0 Å². The van der Waals surface area contributed by atoms with Gasteiger partial charge in [-0.3, -0.25) is 9.59 Å². The number of hydrogen-bond donors (Lipinski definition) is 2. The van der Waals surface area contributed by atoms with E-state index in [2.05, 4.69) is 31.5 Å². The molecule has 0 aliphatic carbocycles. The van der Waals surface area contributed by atoms with E-state index in [1.54, 1.807) is 24.7 Å². The van der Waals surface area contributed by atoms with E-state index >= 15 is 0 Å². The van der Waals surface area contributed by atoms with Gasteiger partial charge in [0.15, 0.2) is 0 Å². The molecule has 0 atom stereocenters. The fourth-order valence-corrected chi connectivity index (χ4v) is 2.90. The van der Waals surface area contributed by atoms with Crippen LogP contribution in [0, 0.1) is 6.92 Å². The number of aromatic nitrogens is 2. The smallest absolute Gasteiger partial charge is 0.251 e.